The van der Waals surface area contributed by atoms with Gasteiger partial charge >= 0.3 is 6.01 Å². The molecule has 3 rings (SSSR count). The first-order chi connectivity index (χ1) is 12.0. The second-order valence-corrected chi connectivity index (χ2v) is 5.43. The molecule has 0 atom stereocenters. The maximum absolute atomic E-state index is 12.1. The monoisotopic (exact) mass is 342 g/mol. The highest BCUT2D eigenvalue weighted by Crippen LogP contribution is 2.22. The van der Waals surface area contributed by atoms with Crippen molar-refractivity contribution in [2.24, 2.45) is 0 Å². The Morgan fingerprint density at radius 3 is 2.60 bits per heavy atom. The van der Waals surface area contributed by atoms with Crippen LogP contribution in [0.3, 0.4) is 0 Å². The number of hydrogen-bond donors (Lipinski definition) is 1. The first kappa shape index (κ1) is 16.3. The molecule has 0 spiro atoms. The molecular formula is C15H14N6O4. The maximum atomic E-state index is 12.1. The number of carbonyl (C=O) groups excluding carboxylic acids is 1. The van der Waals surface area contributed by atoms with Crippen molar-refractivity contribution in [1.82, 2.24) is 20.0 Å². The van der Waals surface area contributed by atoms with Crippen LogP contribution in [0, 0.1) is 10.1 Å². The summed E-state index contributed by atoms with van der Waals surface area (Å²) >= 11 is 0. The molecule has 2 aromatic heterocycles. The van der Waals surface area contributed by atoms with Crippen LogP contribution >= 0.6 is 0 Å². The van der Waals surface area contributed by atoms with Gasteiger partial charge in [0.05, 0.1) is 4.92 Å². The summed E-state index contributed by atoms with van der Waals surface area (Å²) in [5, 5.41) is 25.0. The minimum Gasteiger partial charge on any atom is -0.401 e. The molecule has 1 aromatic carbocycles. The number of anilines is 1. The first-order valence-electron chi connectivity index (χ1n) is 7.39. The molecule has 0 aliphatic rings. The molecule has 128 valence electrons. The van der Waals surface area contributed by atoms with Crippen molar-refractivity contribution >= 4 is 17.6 Å². The maximum Gasteiger partial charge on any atom is 0.322 e. The molecule has 0 radical (unpaired) electrons. The highest BCUT2D eigenvalue weighted by Gasteiger charge is 2.17. The largest absolute Gasteiger partial charge is 0.401 e. The summed E-state index contributed by atoms with van der Waals surface area (Å²) < 4.78 is 7.17. The number of hydrogen-bond acceptors (Lipinski definition) is 7. The van der Waals surface area contributed by atoms with Gasteiger partial charge in [-0.25, -0.2) is 0 Å². The number of nitrogens with one attached hydrogen (secondary N) is 1. The van der Waals surface area contributed by atoms with E-state index < -0.39 is 10.8 Å². The molecule has 0 aliphatic carbocycles. The Hall–Kier alpha value is -3.56. The third-order valence-corrected chi connectivity index (χ3v) is 3.36. The van der Waals surface area contributed by atoms with Crippen LogP contribution in [0.5, 0.6) is 0 Å². The Labute approximate surface area is 141 Å². The summed E-state index contributed by atoms with van der Waals surface area (Å²) in [6.45, 7) is 3.92. The van der Waals surface area contributed by atoms with Crippen LogP contribution in [0.4, 0.5) is 11.7 Å². The van der Waals surface area contributed by atoms with Crippen molar-refractivity contribution in [3.05, 3.63) is 52.2 Å². The van der Waals surface area contributed by atoms with E-state index in [0.29, 0.717) is 5.69 Å². The van der Waals surface area contributed by atoms with Gasteiger partial charge in [0.2, 0.25) is 0 Å². The average Bonchev–Trinajstić information content (AvgIpc) is 3.23. The van der Waals surface area contributed by atoms with Crippen LogP contribution in [0.1, 0.15) is 30.2 Å². The number of nitro groups is 1. The molecule has 10 nitrogen and oxygen atoms in total. The van der Waals surface area contributed by atoms with E-state index in [9.17, 15) is 14.9 Å². The molecule has 0 unspecified atom stereocenters. The molecule has 0 saturated carbocycles. The zero-order chi connectivity index (χ0) is 18.0. The highest BCUT2D eigenvalue weighted by atomic mass is 16.6. The van der Waals surface area contributed by atoms with Crippen molar-refractivity contribution in [3.63, 3.8) is 0 Å². The van der Waals surface area contributed by atoms with Gasteiger partial charge in [-0.15, -0.1) is 5.10 Å². The molecule has 10 heteroatoms. The predicted molar refractivity (Wildman–Crippen MR) is 87.0 cm³/mol. The van der Waals surface area contributed by atoms with Gasteiger partial charge in [0.25, 0.3) is 17.5 Å². The lowest BCUT2D eigenvalue weighted by Crippen LogP contribution is -2.12. The summed E-state index contributed by atoms with van der Waals surface area (Å²) in [6.07, 6.45) is 1.62. The van der Waals surface area contributed by atoms with Crippen LogP contribution in [-0.2, 0) is 0 Å². The van der Waals surface area contributed by atoms with Crippen LogP contribution in [-0.4, -0.2) is 30.8 Å². The number of nitro benzene ring substituents is 1. The lowest BCUT2D eigenvalue weighted by atomic mass is 10.2. The number of amides is 1. The fraction of sp³-hybridized carbons (Fsp3) is 0.200. The van der Waals surface area contributed by atoms with E-state index in [1.54, 1.807) is 16.9 Å². The minimum absolute atomic E-state index is 0.0742. The van der Waals surface area contributed by atoms with Crippen molar-refractivity contribution in [3.8, 4) is 11.6 Å². The van der Waals surface area contributed by atoms with E-state index in [1.807, 2.05) is 13.8 Å². The van der Waals surface area contributed by atoms with Gasteiger partial charge in [-0.3, -0.25) is 24.9 Å². The smallest absolute Gasteiger partial charge is 0.322 e. The van der Waals surface area contributed by atoms with E-state index in [1.165, 1.54) is 24.3 Å². The van der Waals surface area contributed by atoms with E-state index in [2.05, 4.69) is 20.6 Å². The zero-order valence-electron chi connectivity index (χ0n) is 13.4. The summed E-state index contributed by atoms with van der Waals surface area (Å²) in [4.78, 5) is 22.2. The molecule has 0 fully saturated rings. The quantitative estimate of drug-likeness (QED) is 0.557. The van der Waals surface area contributed by atoms with Crippen molar-refractivity contribution in [2.75, 3.05) is 5.32 Å². The normalized spacial score (nSPS) is 10.8. The molecular weight excluding hydrogens is 328 g/mol. The van der Waals surface area contributed by atoms with Crippen LogP contribution in [0.2, 0.25) is 0 Å². The third kappa shape index (κ3) is 3.37. The third-order valence-electron chi connectivity index (χ3n) is 3.36. The van der Waals surface area contributed by atoms with Gasteiger partial charge in [0.15, 0.2) is 0 Å². The van der Waals surface area contributed by atoms with Crippen molar-refractivity contribution in [1.29, 1.82) is 0 Å². The SMILES string of the molecule is CC(C)n1nccc1-c1nnc(NC(=O)c2ccc([N+](=O)[O-])cc2)o1. The van der Waals surface area contributed by atoms with E-state index in [0.717, 1.165) is 0 Å². The zero-order valence-corrected chi connectivity index (χ0v) is 13.4. The Kier molecular flexibility index (Phi) is 4.25. The standard InChI is InChI=1S/C15H14N6O4/c1-9(2)20-12(7-8-16-20)14-18-19-15(25-14)17-13(22)10-3-5-11(6-4-10)21(23)24/h3-9H,1-2H3,(H,17,19,22). The van der Waals surface area contributed by atoms with Crippen molar-refractivity contribution in [2.45, 2.75) is 19.9 Å². The predicted octanol–water partition coefficient (Wildman–Crippen LogP) is 2.67. The fourth-order valence-electron chi connectivity index (χ4n) is 2.18. The number of rotatable bonds is 5. The summed E-state index contributed by atoms with van der Waals surface area (Å²) in [5.74, 6) is -0.285. The Bertz CT molecular complexity index is 912. The topological polar surface area (TPSA) is 129 Å². The molecule has 25 heavy (non-hydrogen) atoms. The molecule has 0 aliphatic heterocycles. The van der Waals surface area contributed by atoms with E-state index >= 15 is 0 Å². The van der Waals surface area contributed by atoms with Gasteiger partial charge in [-0.05, 0) is 32.0 Å². The minimum atomic E-state index is -0.538. The van der Waals surface area contributed by atoms with Gasteiger partial charge in [-0.1, -0.05) is 5.10 Å². The average molecular weight is 342 g/mol. The molecule has 2 heterocycles. The molecule has 3 aromatic rings. The lowest BCUT2D eigenvalue weighted by molar-refractivity contribution is -0.384. The number of benzene rings is 1. The second kappa shape index (κ2) is 6.51. The summed E-state index contributed by atoms with van der Waals surface area (Å²) in [6, 6.07) is 6.95. The van der Waals surface area contributed by atoms with Gasteiger partial charge < -0.3 is 4.42 Å². The van der Waals surface area contributed by atoms with E-state index in [4.69, 9.17) is 4.42 Å². The highest BCUT2D eigenvalue weighted by molar-refractivity contribution is 6.03. The van der Waals surface area contributed by atoms with Crippen LogP contribution < -0.4 is 5.32 Å². The number of non-ortho nitro benzene ring substituents is 1. The lowest BCUT2D eigenvalue weighted by Gasteiger charge is -2.07. The second-order valence-electron chi connectivity index (χ2n) is 5.43. The first-order valence-corrected chi connectivity index (χ1v) is 7.39. The van der Waals surface area contributed by atoms with Crippen LogP contribution in [0.15, 0.2) is 40.9 Å². The Balaban J connectivity index is 1.75. The fourth-order valence-corrected chi connectivity index (χ4v) is 2.18. The molecule has 0 bridgehead atoms. The van der Waals surface area contributed by atoms with Gasteiger partial charge in [0, 0.05) is 29.9 Å². The van der Waals surface area contributed by atoms with Crippen molar-refractivity contribution < 1.29 is 14.1 Å². The molecule has 1 N–H and O–H groups in total. The summed E-state index contributed by atoms with van der Waals surface area (Å²) in [7, 11) is 0. The van der Waals surface area contributed by atoms with Crippen LogP contribution in [0.25, 0.3) is 11.6 Å². The van der Waals surface area contributed by atoms with Gasteiger partial charge in [0.1, 0.15) is 5.69 Å². The number of nitrogens with zero attached hydrogens (tertiary/aromatic N) is 5. The van der Waals surface area contributed by atoms with E-state index in [-0.39, 0.29) is 29.2 Å². The Morgan fingerprint density at radius 1 is 1.24 bits per heavy atom. The number of carbonyl (C=O) groups is 1. The molecule has 1 amide bonds. The Morgan fingerprint density at radius 2 is 1.96 bits per heavy atom. The van der Waals surface area contributed by atoms with Gasteiger partial charge in [-0.2, -0.15) is 5.10 Å². The number of aromatic nitrogens is 4. The molecule has 0 saturated heterocycles. The summed E-state index contributed by atoms with van der Waals surface area (Å²) in [5.41, 5.74) is 0.773.